The molecular weight excluding hydrogens is 516 g/mol. The van der Waals surface area contributed by atoms with E-state index in [1.807, 2.05) is 20.8 Å². The predicted molar refractivity (Wildman–Crippen MR) is 151 cm³/mol. The highest BCUT2D eigenvalue weighted by molar-refractivity contribution is 5.80. The molecule has 1 atom stereocenters. The first kappa shape index (κ1) is 33.7. The zero-order chi connectivity index (χ0) is 29.9. The minimum absolute atomic E-state index is 0.00216. The first-order valence-electron chi connectivity index (χ1n) is 15.0. The number of carbonyl (C=O) groups excluding carboxylic acids is 4. The highest BCUT2D eigenvalue weighted by Crippen LogP contribution is 2.38. The third kappa shape index (κ3) is 10.8. The first-order valence-corrected chi connectivity index (χ1v) is 15.0. The molecule has 2 amide bonds. The Labute approximate surface area is 240 Å². The Hall–Kier alpha value is -2.52. The molecule has 0 aromatic heterocycles. The van der Waals surface area contributed by atoms with Crippen LogP contribution < -0.4 is 10.6 Å². The summed E-state index contributed by atoms with van der Waals surface area (Å²) in [7, 11) is 0. The molecule has 0 aromatic rings. The monoisotopic (exact) mass is 568 g/mol. The van der Waals surface area contributed by atoms with Crippen molar-refractivity contribution in [1.29, 1.82) is 0 Å². The van der Waals surface area contributed by atoms with Gasteiger partial charge in [-0.25, -0.2) is 9.59 Å². The lowest BCUT2D eigenvalue weighted by Crippen LogP contribution is -2.41. The van der Waals surface area contributed by atoms with Gasteiger partial charge in [0.15, 0.2) is 0 Å². The molecule has 10 heteroatoms. The first-order chi connectivity index (χ1) is 18.7. The van der Waals surface area contributed by atoms with Crippen LogP contribution in [-0.4, -0.2) is 61.6 Å². The van der Waals surface area contributed by atoms with E-state index in [-0.39, 0.29) is 32.7 Å². The summed E-state index contributed by atoms with van der Waals surface area (Å²) in [6.07, 6.45) is 9.59. The molecule has 2 aliphatic carbocycles. The summed E-state index contributed by atoms with van der Waals surface area (Å²) in [6, 6.07) is 0. The van der Waals surface area contributed by atoms with Gasteiger partial charge in [0.25, 0.3) is 0 Å². The summed E-state index contributed by atoms with van der Waals surface area (Å²) >= 11 is 0. The van der Waals surface area contributed by atoms with E-state index in [0.29, 0.717) is 6.42 Å². The molecule has 0 aliphatic heterocycles. The third-order valence-electron chi connectivity index (χ3n) is 8.37. The molecule has 0 aromatic carbocycles. The van der Waals surface area contributed by atoms with E-state index >= 15 is 0 Å². The largest absolute Gasteiger partial charge is 0.463 e. The smallest absolute Gasteiger partial charge is 0.407 e. The van der Waals surface area contributed by atoms with Crippen LogP contribution >= 0.6 is 0 Å². The molecule has 2 fully saturated rings. The van der Waals surface area contributed by atoms with Crippen LogP contribution in [0.3, 0.4) is 0 Å². The Morgan fingerprint density at radius 3 is 1.48 bits per heavy atom. The second-order valence-corrected chi connectivity index (χ2v) is 12.9. The van der Waals surface area contributed by atoms with Crippen molar-refractivity contribution in [3.8, 4) is 0 Å². The fraction of sp³-hybridized carbons (Fsp3) is 0.867. The molecule has 40 heavy (non-hydrogen) atoms. The van der Waals surface area contributed by atoms with E-state index in [1.54, 1.807) is 20.8 Å². The van der Waals surface area contributed by atoms with Crippen molar-refractivity contribution in [3.63, 3.8) is 0 Å². The molecule has 0 spiro atoms. The highest BCUT2D eigenvalue weighted by atomic mass is 16.6. The van der Waals surface area contributed by atoms with Crippen LogP contribution in [0, 0.1) is 10.8 Å². The van der Waals surface area contributed by atoms with Gasteiger partial charge in [-0.05, 0) is 98.8 Å². The summed E-state index contributed by atoms with van der Waals surface area (Å²) < 4.78 is 22.0. The lowest BCUT2D eigenvalue weighted by molar-refractivity contribution is -0.163. The van der Waals surface area contributed by atoms with Crippen molar-refractivity contribution in [2.45, 2.75) is 130 Å². The second kappa shape index (κ2) is 14.9. The van der Waals surface area contributed by atoms with Crippen molar-refractivity contribution < 1.29 is 38.1 Å². The number of nitrogens with one attached hydrogen (secondary N) is 2. The normalized spacial score (nSPS) is 19.9. The average Bonchev–Trinajstić information content (AvgIpc) is 2.88. The van der Waals surface area contributed by atoms with Crippen LogP contribution in [-0.2, 0) is 28.5 Å². The Balaban J connectivity index is 1.71. The van der Waals surface area contributed by atoms with E-state index in [9.17, 15) is 19.2 Å². The summed E-state index contributed by atoms with van der Waals surface area (Å²) in [5.74, 6) is -0.902. The number of carbonyl (C=O) groups is 4. The van der Waals surface area contributed by atoms with Crippen molar-refractivity contribution in [2.24, 2.45) is 10.8 Å². The fourth-order valence-corrected chi connectivity index (χ4v) is 5.68. The standard InChI is InChI=1S/C30H52N2O8/c1-7-28(4,24(34)38-21-19-32-26(36)40-30(6)16-12-9-13-17-30)22-27(2,3)23(33)37-20-18-31-25(35)39-29(5)14-10-8-11-15-29/h7-22H2,1-6H3,(H,31,35)(H,32,36). The molecule has 2 N–H and O–H groups in total. The van der Waals surface area contributed by atoms with Crippen molar-refractivity contribution >= 4 is 24.1 Å². The molecule has 230 valence electrons. The van der Waals surface area contributed by atoms with Crippen LogP contribution in [0.15, 0.2) is 0 Å². The van der Waals surface area contributed by atoms with Crippen LogP contribution in [0.2, 0.25) is 0 Å². The summed E-state index contributed by atoms with van der Waals surface area (Å²) in [5, 5.41) is 5.31. The average molecular weight is 569 g/mol. The number of hydrogen-bond acceptors (Lipinski definition) is 8. The maximum Gasteiger partial charge on any atom is 0.407 e. The quantitative estimate of drug-likeness (QED) is 0.162. The number of amides is 2. The van der Waals surface area contributed by atoms with E-state index in [0.717, 1.165) is 64.2 Å². The van der Waals surface area contributed by atoms with Crippen LogP contribution in [0.5, 0.6) is 0 Å². The van der Waals surface area contributed by atoms with Gasteiger partial charge < -0.3 is 29.6 Å². The topological polar surface area (TPSA) is 129 Å². The van der Waals surface area contributed by atoms with Gasteiger partial charge in [-0.3, -0.25) is 9.59 Å². The summed E-state index contributed by atoms with van der Waals surface area (Å²) in [4.78, 5) is 50.1. The number of alkyl carbamates (subject to hydrolysis) is 2. The fourth-order valence-electron chi connectivity index (χ4n) is 5.68. The van der Waals surface area contributed by atoms with Crippen LogP contribution in [0.25, 0.3) is 0 Å². The Bertz CT molecular complexity index is 862. The van der Waals surface area contributed by atoms with Crippen molar-refractivity contribution in [1.82, 2.24) is 10.6 Å². The molecule has 0 bridgehead atoms. The van der Waals surface area contributed by atoms with Gasteiger partial charge in [0.05, 0.1) is 23.9 Å². The summed E-state index contributed by atoms with van der Waals surface area (Å²) in [6.45, 7) is 11.3. The van der Waals surface area contributed by atoms with Crippen LogP contribution in [0.1, 0.15) is 119 Å². The van der Waals surface area contributed by atoms with Gasteiger partial charge in [0.2, 0.25) is 0 Å². The predicted octanol–water partition coefficient (Wildman–Crippen LogP) is 5.80. The van der Waals surface area contributed by atoms with E-state index in [1.165, 1.54) is 0 Å². The van der Waals surface area contributed by atoms with E-state index in [2.05, 4.69) is 10.6 Å². The Morgan fingerprint density at radius 2 is 1.07 bits per heavy atom. The highest BCUT2D eigenvalue weighted by Gasteiger charge is 2.43. The van der Waals surface area contributed by atoms with E-state index in [4.69, 9.17) is 18.9 Å². The molecule has 2 rings (SSSR count). The molecule has 0 radical (unpaired) electrons. The zero-order valence-corrected chi connectivity index (χ0v) is 25.6. The van der Waals surface area contributed by atoms with Gasteiger partial charge in [0, 0.05) is 0 Å². The molecular formula is C30H52N2O8. The molecule has 1 unspecified atom stereocenters. The van der Waals surface area contributed by atoms with Gasteiger partial charge in [-0.15, -0.1) is 0 Å². The van der Waals surface area contributed by atoms with Crippen molar-refractivity contribution in [3.05, 3.63) is 0 Å². The lowest BCUT2D eigenvalue weighted by atomic mass is 9.72. The Kier molecular flexibility index (Phi) is 12.6. The summed E-state index contributed by atoms with van der Waals surface area (Å²) in [5.41, 5.74) is -2.76. The molecule has 2 saturated carbocycles. The number of rotatable bonds is 13. The minimum atomic E-state index is -0.961. The molecule has 2 aliphatic rings. The maximum absolute atomic E-state index is 13.0. The van der Waals surface area contributed by atoms with Gasteiger partial charge in [0.1, 0.15) is 24.4 Å². The Morgan fingerprint density at radius 1 is 0.675 bits per heavy atom. The minimum Gasteiger partial charge on any atom is -0.463 e. The van der Waals surface area contributed by atoms with Gasteiger partial charge >= 0.3 is 24.1 Å². The van der Waals surface area contributed by atoms with E-state index < -0.39 is 46.2 Å². The van der Waals surface area contributed by atoms with Crippen molar-refractivity contribution in [2.75, 3.05) is 26.3 Å². The second-order valence-electron chi connectivity index (χ2n) is 12.9. The lowest BCUT2D eigenvalue weighted by Gasteiger charge is -2.34. The maximum atomic E-state index is 13.0. The molecule has 0 heterocycles. The van der Waals surface area contributed by atoms with Gasteiger partial charge in [-0.1, -0.05) is 19.8 Å². The number of hydrogen-bond donors (Lipinski definition) is 2. The molecule has 10 nitrogen and oxygen atoms in total. The third-order valence-corrected chi connectivity index (χ3v) is 8.37. The molecule has 0 saturated heterocycles. The number of esters is 2. The zero-order valence-electron chi connectivity index (χ0n) is 25.6. The SMILES string of the molecule is CCC(C)(CC(C)(C)C(=O)OCCNC(=O)OC1(C)CCCCC1)C(=O)OCCNC(=O)OC1(C)CCCCC1. The van der Waals surface area contributed by atoms with Crippen LogP contribution in [0.4, 0.5) is 9.59 Å². The van der Waals surface area contributed by atoms with Gasteiger partial charge in [-0.2, -0.15) is 0 Å². The number of ether oxygens (including phenoxy) is 4.